The van der Waals surface area contributed by atoms with Crippen molar-refractivity contribution in [1.82, 2.24) is 9.62 Å². The summed E-state index contributed by atoms with van der Waals surface area (Å²) >= 11 is 6.15. The minimum absolute atomic E-state index is 0.00226. The van der Waals surface area contributed by atoms with Crippen LogP contribution in [0.4, 0.5) is 0 Å². The number of nitrogens with zero attached hydrogens (tertiary/aromatic N) is 1. The molecule has 36 heavy (non-hydrogen) atoms. The van der Waals surface area contributed by atoms with E-state index >= 15 is 0 Å². The van der Waals surface area contributed by atoms with E-state index in [1.54, 1.807) is 6.07 Å². The first kappa shape index (κ1) is 28.6. The molecular weight excluding hydrogens is 500 g/mol. The number of halogens is 1. The maximum atomic E-state index is 13.1. The van der Waals surface area contributed by atoms with Crippen molar-refractivity contribution in [2.75, 3.05) is 20.1 Å². The number of fused-ring (bicyclic) bond motifs is 1. The molecule has 0 saturated carbocycles. The topological polar surface area (TPSA) is 107 Å². The lowest BCUT2D eigenvalue weighted by Gasteiger charge is -2.31. The Labute approximate surface area is 219 Å². The molecule has 0 saturated heterocycles. The lowest BCUT2D eigenvalue weighted by molar-refractivity contribution is -0.137. The maximum absolute atomic E-state index is 13.1. The van der Waals surface area contributed by atoms with Gasteiger partial charge in [-0.05, 0) is 86.8 Å². The maximum Gasteiger partial charge on any atom is 0.303 e. The van der Waals surface area contributed by atoms with Crippen LogP contribution in [0.2, 0.25) is 5.02 Å². The number of aliphatic hydroxyl groups is 1. The number of hydrogen-bond acceptors (Lipinski definition) is 5. The highest BCUT2D eigenvalue weighted by molar-refractivity contribution is 7.89. The summed E-state index contributed by atoms with van der Waals surface area (Å²) in [6.07, 6.45) is 2.98. The zero-order chi connectivity index (χ0) is 26.5. The van der Waals surface area contributed by atoms with Crippen molar-refractivity contribution in [2.45, 2.75) is 68.9 Å². The predicted molar refractivity (Wildman–Crippen MR) is 142 cm³/mol. The molecule has 0 aliphatic heterocycles. The van der Waals surface area contributed by atoms with Gasteiger partial charge in [0.2, 0.25) is 10.0 Å². The summed E-state index contributed by atoms with van der Waals surface area (Å²) < 4.78 is 27.4. The number of rotatable bonds is 13. The minimum Gasteiger partial charge on any atom is -0.481 e. The molecule has 0 aromatic heterocycles. The highest BCUT2D eigenvalue weighted by Crippen LogP contribution is 2.32. The van der Waals surface area contributed by atoms with Crippen LogP contribution < -0.4 is 5.32 Å². The Morgan fingerprint density at radius 3 is 2.44 bits per heavy atom. The Morgan fingerprint density at radius 2 is 1.83 bits per heavy atom. The molecule has 3 N–H and O–H groups in total. The molecule has 0 amide bonds. The third kappa shape index (κ3) is 8.02. The molecule has 198 valence electrons. The van der Waals surface area contributed by atoms with Gasteiger partial charge in [-0.25, -0.2) is 8.42 Å². The fraction of sp³-hybridized carbons (Fsp3) is 0.519. The monoisotopic (exact) mass is 536 g/mol. The Kier molecular flexibility index (Phi) is 9.57. The molecule has 1 atom stereocenters. The Bertz CT molecular complexity index is 1140. The van der Waals surface area contributed by atoms with Crippen molar-refractivity contribution >= 4 is 27.6 Å². The second-order valence-electron chi connectivity index (χ2n) is 10.5. The van der Waals surface area contributed by atoms with Gasteiger partial charge in [0.25, 0.3) is 0 Å². The quantitative estimate of drug-likeness (QED) is 0.358. The van der Waals surface area contributed by atoms with Crippen molar-refractivity contribution in [3.8, 4) is 0 Å². The Morgan fingerprint density at radius 1 is 1.19 bits per heavy atom. The molecule has 2 aromatic rings. The van der Waals surface area contributed by atoms with Crippen LogP contribution in [0, 0.1) is 5.92 Å². The van der Waals surface area contributed by atoms with E-state index in [1.165, 1.54) is 30.3 Å². The van der Waals surface area contributed by atoms with E-state index in [-0.39, 0.29) is 35.0 Å². The molecule has 0 radical (unpaired) electrons. The van der Waals surface area contributed by atoms with Crippen molar-refractivity contribution in [1.29, 1.82) is 0 Å². The first-order valence-electron chi connectivity index (χ1n) is 12.3. The number of aliphatic hydroxyl groups excluding tert-OH is 1. The molecule has 0 heterocycles. The number of carboxylic acids is 1. The lowest BCUT2D eigenvalue weighted by atomic mass is 9.88. The molecule has 0 fully saturated rings. The summed E-state index contributed by atoms with van der Waals surface area (Å²) in [6.45, 7) is 4.42. The van der Waals surface area contributed by atoms with E-state index < -0.39 is 22.1 Å². The van der Waals surface area contributed by atoms with Crippen LogP contribution in [0.5, 0.6) is 0 Å². The second kappa shape index (κ2) is 12.0. The smallest absolute Gasteiger partial charge is 0.303 e. The number of β-amino-alcohol motifs (C(OH)–C–C–N with tert-alkyl or cyclic N) is 1. The van der Waals surface area contributed by atoms with Crippen LogP contribution in [0.3, 0.4) is 0 Å². The highest BCUT2D eigenvalue weighted by atomic mass is 35.5. The fourth-order valence-corrected chi connectivity index (χ4v) is 6.61. The van der Waals surface area contributed by atoms with E-state index in [0.717, 1.165) is 23.6 Å². The van der Waals surface area contributed by atoms with Crippen LogP contribution in [-0.4, -0.2) is 60.7 Å². The zero-order valence-corrected chi connectivity index (χ0v) is 22.8. The van der Waals surface area contributed by atoms with Gasteiger partial charge in [-0.15, -0.1) is 0 Å². The molecule has 9 heteroatoms. The standard InChI is InChI=1S/C27H37ClN2O5S/c1-27(2,16-20-11-21-8-4-5-9-22(21)12-20)29-17-24(31)18-30(3)36(34,35)25-14-19(13-23(28)15-25)7-6-10-26(32)33/h4-5,8-9,13-15,20,24,29,31H,6-7,10-12,16-18H2,1-3H3,(H,32,33). The van der Waals surface area contributed by atoms with E-state index in [0.29, 0.717) is 24.3 Å². The average Bonchev–Trinajstić information content (AvgIpc) is 3.18. The van der Waals surface area contributed by atoms with Crippen molar-refractivity contribution in [3.05, 3.63) is 64.2 Å². The number of likely N-dealkylation sites (N-methyl/N-ethyl adjacent to an activating group) is 1. The molecule has 1 unspecified atom stereocenters. The van der Waals surface area contributed by atoms with Crippen LogP contribution in [0.1, 0.15) is 49.8 Å². The van der Waals surface area contributed by atoms with Gasteiger partial charge in [-0.1, -0.05) is 35.9 Å². The van der Waals surface area contributed by atoms with Gasteiger partial charge < -0.3 is 15.5 Å². The number of aliphatic carboxylic acids is 1. The Hall–Kier alpha value is -1.97. The number of sulfonamides is 1. The summed E-state index contributed by atoms with van der Waals surface area (Å²) in [5.41, 5.74) is 3.28. The van der Waals surface area contributed by atoms with Crippen molar-refractivity contribution in [2.24, 2.45) is 5.92 Å². The van der Waals surface area contributed by atoms with Crippen LogP contribution >= 0.6 is 11.6 Å². The first-order chi connectivity index (χ1) is 16.9. The molecular formula is C27H37ClN2O5S. The number of benzene rings is 2. The molecule has 2 aromatic carbocycles. The van der Waals surface area contributed by atoms with E-state index in [1.807, 2.05) is 0 Å². The third-order valence-electron chi connectivity index (χ3n) is 6.71. The fourth-order valence-electron chi connectivity index (χ4n) is 4.98. The summed E-state index contributed by atoms with van der Waals surface area (Å²) in [5.74, 6) is -0.360. The first-order valence-corrected chi connectivity index (χ1v) is 14.1. The number of carboxylic acid groups (broad SMARTS) is 1. The van der Waals surface area contributed by atoms with E-state index in [2.05, 4.69) is 43.4 Å². The average molecular weight is 537 g/mol. The molecule has 7 nitrogen and oxygen atoms in total. The van der Waals surface area contributed by atoms with Gasteiger partial charge in [0.15, 0.2) is 0 Å². The van der Waals surface area contributed by atoms with Crippen molar-refractivity contribution < 1.29 is 23.4 Å². The molecule has 1 aliphatic rings. The predicted octanol–water partition coefficient (Wildman–Crippen LogP) is 3.90. The number of carbonyl (C=O) groups is 1. The van der Waals surface area contributed by atoms with Crippen LogP contribution in [0.25, 0.3) is 0 Å². The van der Waals surface area contributed by atoms with E-state index in [9.17, 15) is 18.3 Å². The van der Waals surface area contributed by atoms with Gasteiger partial charge in [0.1, 0.15) is 0 Å². The van der Waals surface area contributed by atoms with Gasteiger partial charge in [0, 0.05) is 37.1 Å². The number of hydrogen-bond donors (Lipinski definition) is 3. The van der Waals surface area contributed by atoms with Crippen molar-refractivity contribution in [3.63, 3.8) is 0 Å². The highest BCUT2D eigenvalue weighted by Gasteiger charge is 2.29. The largest absolute Gasteiger partial charge is 0.481 e. The summed E-state index contributed by atoms with van der Waals surface area (Å²) in [7, 11) is -2.44. The summed E-state index contributed by atoms with van der Waals surface area (Å²) in [6, 6.07) is 13.1. The van der Waals surface area contributed by atoms with Gasteiger partial charge in [-0.2, -0.15) is 4.31 Å². The number of aryl methyl sites for hydroxylation is 1. The molecule has 1 aliphatic carbocycles. The molecule has 0 spiro atoms. The van der Waals surface area contributed by atoms with Gasteiger partial charge in [-0.3, -0.25) is 4.79 Å². The van der Waals surface area contributed by atoms with Gasteiger partial charge in [0.05, 0.1) is 11.0 Å². The molecule has 0 bridgehead atoms. The lowest BCUT2D eigenvalue weighted by Crippen LogP contribution is -2.47. The summed E-state index contributed by atoms with van der Waals surface area (Å²) in [5, 5.41) is 23.1. The van der Waals surface area contributed by atoms with E-state index in [4.69, 9.17) is 16.7 Å². The second-order valence-corrected chi connectivity index (χ2v) is 13.0. The third-order valence-corrected chi connectivity index (χ3v) is 8.73. The molecule has 3 rings (SSSR count). The zero-order valence-electron chi connectivity index (χ0n) is 21.2. The van der Waals surface area contributed by atoms with Crippen LogP contribution in [0.15, 0.2) is 47.4 Å². The van der Waals surface area contributed by atoms with Crippen LogP contribution in [-0.2, 0) is 34.1 Å². The normalized spacial score (nSPS) is 15.3. The SMILES string of the molecule is CN(CC(O)CNC(C)(C)CC1Cc2ccccc2C1)S(=O)(=O)c1cc(Cl)cc(CCCC(=O)O)c1. The summed E-state index contributed by atoms with van der Waals surface area (Å²) in [4.78, 5) is 10.8. The Balaban J connectivity index is 1.53. The van der Waals surface area contributed by atoms with Gasteiger partial charge >= 0.3 is 5.97 Å². The number of nitrogens with one attached hydrogen (secondary N) is 1. The minimum atomic E-state index is -3.88.